The Morgan fingerprint density at radius 3 is 2.60 bits per heavy atom. The van der Waals surface area contributed by atoms with Gasteiger partial charge in [-0.05, 0) is 18.2 Å². The second-order valence-electron chi connectivity index (χ2n) is 3.85. The van der Waals surface area contributed by atoms with Crippen LogP contribution in [0.3, 0.4) is 0 Å². The fraction of sp³-hybridized carbons (Fsp3) is 0.0833. The summed E-state index contributed by atoms with van der Waals surface area (Å²) in [6.07, 6.45) is 0. The van der Waals surface area contributed by atoms with Crippen molar-refractivity contribution in [2.75, 3.05) is 17.7 Å². The van der Waals surface area contributed by atoms with Crippen molar-refractivity contribution in [3.63, 3.8) is 0 Å². The number of pyridine rings is 1. The molecule has 0 aliphatic rings. The lowest BCUT2D eigenvalue weighted by atomic mass is 10.3. The highest BCUT2D eigenvalue weighted by molar-refractivity contribution is 9.10. The third kappa shape index (κ3) is 3.21. The molecule has 0 atom stereocenters. The number of aromatic nitrogens is 1. The second kappa shape index (κ2) is 5.83. The Bertz CT molecular complexity index is 666. The van der Waals surface area contributed by atoms with Crippen LogP contribution in [0.25, 0.3) is 0 Å². The zero-order chi connectivity index (χ0) is 14.7. The number of nitrogens with zero attached hydrogens (tertiary/aromatic N) is 2. The number of anilines is 3. The van der Waals surface area contributed by atoms with Crippen LogP contribution in [0.5, 0.6) is 0 Å². The number of hydrogen-bond acceptors (Lipinski definition) is 5. The fourth-order valence-electron chi connectivity index (χ4n) is 1.54. The van der Waals surface area contributed by atoms with E-state index in [9.17, 15) is 14.5 Å². The summed E-state index contributed by atoms with van der Waals surface area (Å²) in [6, 6.07) is 6.99. The van der Waals surface area contributed by atoms with Gasteiger partial charge in [0.25, 0.3) is 5.69 Å². The highest BCUT2D eigenvalue weighted by Crippen LogP contribution is 2.26. The van der Waals surface area contributed by atoms with E-state index in [1.54, 1.807) is 13.1 Å². The average Bonchev–Trinajstić information content (AvgIpc) is 2.41. The molecule has 104 valence electrons. The lowest BCUT2D eigenvalue weighted by Gasteiger charge is -2.08. The standard InChI is InChI=1S/C12H10BrFN4O2/c1-15-11-5-8(18(19)20)6-12(17-11)16-10-3-2-7(13)4-9(10)14/h2-6H,1H3,(H2,15,16,17). The first-order chi connectivity index (χ1) is 9.49. The van der Waals surface area contributed by atoms with Crippen LogP contribution in [0.15, 0.2) is 34.8 Å². The van der Waals surface area contributed by atoms with Gasteiger partial charge in [0.1, 0.15) is 17.5 Å². The molecule has 0 radical (unpaired) electrons. The molecule has 0 amide bonds. The molecule has 0 bridgehead atoms. The molecular weight excluding hydrogens is 331 g/mol. The summed E-state index contributed by atoms with van der Waals surface area (Å²) >= 11 is 3.15. The molecule has 0 fully saturated rings. The summed E-state index contributed by atoms with van der Waals surface area (Å²) < 4.78 is 14.3. The molecule has 0 aliphatic heterocycles. The monoisotopic (exact) mass is 340 g/mol. The molecule has 0 saturated heterocycles. The number of nitrogens with one attached hydrogen (secondary N) is 2. The lowest BCUT2D eigenvalue weighted by molar-refractivity contribution is -0.384. The van der Waals surface area contributed by atoms with Gasteiger partial charge < -0.3 is 10.6 Å². The summed E-state index contributed by atoms with van der Waals surface area (Å²) in [4.78, 5) is 14.4. The molecule has 8 heteroatoms. The highest BCUT2D eigenvalue weighted by atomic mass is 79.9. The van der Waals surface area contributed by atoms with Gasteiger partial charge in [-0.3, -0.25) is 10.1 Å². The average molecular weight is 341 g/mol. The van der Waals surface area contributed by atoms with Crippen LogP contribution in [0, 0.1) is 15.9 Å². The number of nitro groups is 1. The van der Waals surface area contributed by atoms with E-state index in [2.05, 4.69) is 31.5 Å². The molecule has 0 unspecified atom stereocenters. The first-order valence-corrected chi connectivity index (χ1v) is 6.35. The van der Waals surface area contributed by atoms with E-state index in [4.69, 9.17) is 0 Å². The smallest absolute Gasteiger partial charge is 0.276 e. The Morgan fingerprint density at radius 1 is 1.30 bits per heavy atom. The second-order valence-corrected chi connectivity index (χ2v) is 4.77. The van der Waals surface area contributed by atoms with Crippen LogP contribution in [0.2, 0.25) is 0 Å². The summed E-state index contributed by atoms with van der Waals surface area (Å²) in [7, 11) is 1.59. The minimum Gasteiger partial charge on any atom is -0.373 e. The van der Waals surface area contributed by atoms with E-state index >= 15 is 0 Å². The largest absolute Gasteiger partial charge is 0.373 e. The van der Waals surface area contributed by atoms with Crippen molar-refractivity contribution in [1.82, 2.24) is 4.98 Å². The molecule has 20 heavy (non-hydrogen) atoms. The maximum Gasteiger partial charge on any atom is 0.276 e. The first kappa shape index (κ1) is 14.2. The predicted octanol–water partition coefficient (Wildman–Crippen LogP) is 3.68. The van der Waals surface area contributed by atoms with Gasteiger partial charge in [-0.1, -0.05) is 15.9 Å². The van der Waals surface area contributed by atoms with Crippen LogP contribution < -0.4 is 10.6 Å². The van der Waals surface area contributed by atoms with E-state index in [0.29, 0.717) is 10.3 Å². The van der Waals surface area contributed by atoms with Gasteiger partial charge >= 0.3 is 0 Å². The molecule has 0 spiro atoms. The van der Waals surface area contributed by atoms with Gasteiger partial charge in [0, 0.05) is 11.5 Å². The Labute approximate surface area is 122 Å². The van der Waals surface area contributed by atoms with Crippen LogP contribution in [0.4, 0.5) is 27.4 Å². The Kier molecular flexibility index (Phi) is 4.14. The molecular formula is C12H10BrFN4O2. The third-order valence-electron chi connectivity index (χ3n) is 2.47. The van der Waals surface area contributed by atoms with E-state index in [1.807, 2.05) is 0 Å². The molecule has 2 rings (SSSR count). The molecule has 6 nitrogen and oxygen atoms in total. The van der Waals surface area contributed by atoms with Gasteiger partial charge in [-0.25, -0.2) is 9.37 Å². The molecule has 2 N–H and O–H groups in total. The molecule has 1 heterocycles. The Hall–Kier alpha value is -2.22. The van der Waals surface area contributed by atoms with Gasteiger partial charge in [0.05, 0.1) is 22.7 Å². The van der Waals surface area contributed by atoms with Crippen LogP contribution in [-0.2, 0) is 0 Å². The fourth-order valence-corrected chi connectivity index (χ4v) is 1.88. The van der Waals surface area contributed by atoms with Crippen molar-refractivity contribution in [2.45, 2.75) is 0 Å². The van der Waals surface area contributed by atoms with Crippen molar-refractivity contribution in [2.24, 2.45) is 0 Å². The Balaban J connectivity index is 2.37. The van der Waals surface area contributed by atoms with E-state index < -0.39 is 10.7 Å². The quantitative estimate of drug-likeness (QED) is 0.655. The van der Waals surface area contributed by atoms with Crippen molar-refractivity contribution < 1.29 is 9.31 Å². The lowest BCUT2D eigenvalue weighted by Crippen LogP contribution is -2.01. The zero-order valence-corrected chi connectivity index (χ0v) is 11.9. The van der Waals surface area contributed by atoms with Gasteiger partial charge in [0.2, 0.25) is 0 Å². The Morgan fingerprint density at radius 2 is 2.00 bits per heavy atom. The van der Waals surface area contributed by atoms with Crippen molar-refractivity contribution in [3.05, 3.63) is 50.7 Å². The number of hydrogen-bond donors (Lipinski definition) is 2. The van der Waals surface area contributed by atoms with Crippen LogP contribution >= 0.6 is 15.9 Å². The zero-order valence-electron chi connectivity index (χ0n) is 10.4. The van der Waals surface area contributed by atoms with Crippen LogP contribution in [0.1, 0.15) is 0 Å². The maximum atomic E-state index is 13.7. The molecule has 1 aromatic carbocycles. The van der Waals surface area contributed by atoms with Crippen molar-refractivity contribution in [1.29, 1.82) is 0 Å². The van der Waals surface area contributed by atoms with E-state index in [-0.39, 0.29) is 17.2 Å². The number of benzene rings is 1. The maximum absolute atomic E-state index is 13.7. The number of halogens is 2. The molecule has 1 aromatic heterocycles. The summed E-state index contributed by atoms with van der Waals surface area (Å²) in [6.45, 7) is 0. The summed E-state index contributed by atoms with van der Waals surface area (Å²) in [5.74, 6) is 0.0164. The van der Waals surface area contributed by atoms with E-state index in [1.165, 1.54) is 24.3 Å². The highest BCUT2D eigenvalue weighted by Gasteiger charge is 2.12. The SMILES string of the molecule is CNc1cc([N+](=O)[O-])cc(Nc2ccc(Br)cc2F)n1. The molecule has 0 aliphatic carbocycles. The van der Waals surface area contributed by atoms with Gasteiger partial charge in [0.15, 0.2) is 0 Å². The normalized spacial score (nSPS) is 10.2. The topological polar surface area (TPSA) is 80.1 Å². The van der Waals surface area contributed by atoms with Crippen molar-refractivity contribution >= 4 is 38.9 Å². The van der Waals surface area contributed by atoms with Gasteiger partial charge in [-0.15, -0.1) is 0 Å². The van der Waals surface area contributed by atoms with E-state index in [0.717, 1.165) is 0 Å². The van der Waals surface area contributed by atoms with Crippen LogP contribution in [-0.4, -0.2) is 17.0 Å². The van der Waals surface area contributed by atoms with Gasteiger partial charge in [-0.2, -0.15) is 0 Å². The summed E-state index contributed by atoms with van der Waals surface area (Å²) in [5.41, 5.74) is 0.0487. The van der Waals surface area contributed by atoms with Crippen molar-refractivity contribution in [3.8, 4) is 0 Å². The third-order valence-corrected chi connectivity index (χ3v) is 2.96. The molecule has 0 saturated carbocycles. The molecule has 2 aromatic rings. The predicted molar refractivity (Wildman–Crippen MR) is 77.8 cm³/mol. The minimum absolute atomic E-state index is 0.135. The first-order valence-electron chi connectivity index (χ1n) is 5.56. The summed E-state index contributed by atoms with van der Waals surface area (Å²) in [5, 5.41) is 16.3. The number of rotatable bonds is 4. The minimum atomic E-state index is -0.536.